The van der Waals surface area contributed by atoms with Gasteiger partial charge in [0.15, 0.2) is 0 Å². The minimum atomic E-state index is -0.589. The van der Waals surface area contributed by atoms with Crippen LogP contribution in [-0.2, 0) is 6.42 Å². The molecule has 12 heavy (non-hydrogen) atoms. The third-order valence-electron chi connectivity index (χ3n) is 1.37. The first-order valence-electron chi connectivity index (χ1n) is 3.46. The number of hydrogen-bond acceptors (Lipinski definition) is 3. The fraction of sp³-hybridized carbons (Fsp3) is 0.286. The van der Waals surface area contributed by atoms with Crippen LogP contribution in [0.5, 0.6) is 0 Å². The molecule has 5 heteroatoms. The number of primary amides is 1. The predicted molar refractivity (Wildman–Crippen MR) is 44.9 cm³/mol. The number of halogens is 1. The van der Waals surface area contributed by atoms with Gasteiger partial charge >= 0.3 is 0 Å². The zero-order chi connectivity index (χ0) is 9.14. The number of rotatable bonds is 2. The summed E-state index contributed by atoms with van der Waals surface area (Å²) >= 11 is 5.54. The van der Waals surface area contributed by atoms with Crippen molar-refractivity contribution in [2.24, 2.45) is 5.73 Å². The van der Waals surface area contributed by atoms with Crippen molar-refractivity contribution in [2.45, 2.75) is 13.3 Å². The molecule has 1 aromatic rings. The summed E-state index contributed by atoms with van der Waals surface area (Å²) in [6, 6.07) is 1.54. The van der Waals surface area contributed by atoms with Gasteiger partial charge in [-0.15, -0.1) is 0 Å². The van der Waals surface area contributed by atoms with E-state index in [0.29, 0.717) is 12.1 Å². The Morgan fingerprint density at radius 3 is 2.83 bits per heavy atom. The molecule has 0 spiro atoms. The van der Waals surface area contributed by atoms with E-state index in [2.05, 4.69) is 9.97 Å². The summed E-state index contributed by atoms with van der Waals surface area (Å²) in [5, 5.41) is 0.0585. The van der Waals surface area contributed by atoms with Crippen molar-refractivity contribution >= 4 is 17.5 Å². The number of aryl methyl sites for hydroxylation is 1. The highest BCUT2D eigenvalue weighted by molar-refractivity contribution is 6.28. The number of carbonyl (C=O) groups excluding carboxylic acids is 1. The van der Waals surface area contributed by atoms with Gasteiger partial charge in [-0.25, -0.2) is 9.97 Å². The molecule has 0 aliphatic rings. The quantitative estimate of drug-likeness (QED) is 0.693. The molecular weight excluding hydrogens is 178 g/mol. The van der Waals surface area contributed by atoms with Gasteiger partial charge in [0, 0.05) is 5.69 Å². The average Bonchev–Trinajstić information content (AvgIpc) is 2.03. The molecule has 2 N–H and O–H groups in total. The molecule has 0 saturated heterocycles. The minimum absolute atomic E-state index is 0.0585. The molecule has 1 rings (SSSR count). The van der Waals surface area contributed by atoms with Crippen LogP contribution < -0.4 is 5.73 Å². The lowest BCUT2D eigenvalue weighted by Crippen LogP contribution is -2.14. The summed E-state index contributed by atoms with van der Waals surface area (Å²) in [5.41, 5.74) is 5.89. The van der Waals surface area contributed by atoms with Crippen molar-refractivity contribution in [3.05, 3.63) is 22.7 Å². The molecule has 1 aromatic heterocycles. The van der Waals surface area contributed by atoms with E-state index >= 15 is 0 Å². The molecule has 4 nitrogen and oxygen atoms in total. The number of hydrogen-bond donors (Lipinski definition) is 1. The highest BCUT2D eigenvalue weighted by atomic mass is 35.5. The number of amides is 1. The van der Waals surface area contributed by atoms with Gasteiger partial charge in [0.05, 0.1) is 0 Å². The number of nitrogens with two attached hydrogens (primary N) is 1. The van der Waals surface area contributed by atoms with E-state index in [1.165, 1.54) is 6.07 Å². The third-order valence-corrected chi connectivity index (χ3v) is 1.54. The summed E-state index contributed by atoms with van der Waals surface area (Å²) in [7, 11) is 0. The Hall–Kier alpha value is -1.16. The molecule has 0 aliphatic heterocycles. The largest absolute Gasteiger partial charge is 0.364 e. The van der Waals surface area contributed by atoms with Crippen LogP contribution >= 0.6 is 11.6 Å². The van der Waals surface area contributed by atoms with Crippen LogP contribution in [0.4, 0.5) is 0 Å². The number of aromatic nitrogens is 2. The van der Waals surface area contributed by atoms with E-state index in [4.69, 9.17) is 17.3 Å². The maximum atomic E-state index is 10.7. The van der Waals surface area contributed by atoms with E-state index in [1.54, 1.807) is 0 Å². The molecule has 0 saturated carbocycles. The summed E-state index contributed by atoms with van der Waals surface area (Å²) in [6.07, 6.45) is 0.697. The highest BCUT2D eigenvalue weighted by Gasteiger charge is 2.05. The lowest BCUT2D eigenvalue weighted by molar-refractivity contribution is 0.0995. The maximum absolute atomic E-state index is 10.7. The Bertz CT molecular complexity index is 314. The first-order chi connectivity index (χ1) is 5.63. The summed E-state index contributed by atoms with van der Waals surface area (Å²) in [4.78, 5) is 18.2. The van der Waals surface area contributed by atoms with Gasteiger partial charge < -0.3 is 5.73 Å². The standard InChI is InChI=1S/C7H8ClN3O/c1-2-4-3-5(6(9)12)11-7(8)10-4/h3H,2H2,1H3,(H2,9,12). The zero-order valence-electron chi connectivity index (χ0n) is 6.54. The molecule has 0 radical (unpaired) electrons. The van der Waals surface area contributed by atoms with Crippen LogP contribution in [0.1, 0.15) is 23.1 Å². The fourth-order valence-corrected chi connectivity index (χ4v) is 0.972. The molecule has 0 aliphatic carbocycles. The van der Waals surface area contributed by atoms with Crippen LogP contribution in [-0.4, -0.2) is 15.9 Å². The average molecular weight is 186 g/mol. The van der Waals surface area contributed by atoms with E-state index < -0.39 is 5.91 Å². The van der Waals surface area contributed by atoms with Crippen molar-refractivity contribution in [1.82, 2.24) is 9.97 Å². The summed E-state index contributed by atoms with van der Waals surface area (Å²) in [6.45, 7) is 1.91. The van der Waals surface area contributed by atoms with Gasteiger partial charge in [-0.05, 0) is 24.1 Å². The van der Waals surface area contributed by atoms with Crippen molar-refractivity contribution < 1.29 is 4.79 Å². The smallest absolute Gasteiger partial charge is 0.267 e. The normalized spacial score (nSPS) is 9.83. The Balaban J connectivity index is 3.15. The van der Waals surface area contributed by atoms with Crippen molar-refractivity contribution in [3.8, 4) is 0 Å². The monoisotopic (exact) mass is 185 g/mol. The fourth-order valence-electron chi connectivity index (χ4n) is 0.773. The van der Waals surface area contributed by atoms with Crippen LogP contribution in [0.15, 0.2) is 6.07 Å². The van der Waals surface area contributed by atoms with Crippen molar-refractivity contribution in [2.75, 3.05) is 0 Å². The van der Waals surface area contributed by atoms with Crippen LogP contribution in [0.25, 0.3) is 0 Å². The second-order valence-electron chi connectivity index (χ2n) is 2.23. The number of carbonyl (C=O) groups is 1. The van der Waals surface area contributed by atoms with Gasteiger partial charge in [-0.2, -0.15) is 0 Å². The molecule has 0 atom stereocenters. The number of nitrogens with zero attached hydrogens (tertiary/aromatic N) is 2. The zero-order valence-corrected chi connectivity index (χ0v) is 7.30. The van der Waals surface area contributed by atoms with Gasteiger partial charge in [-0.1, -0.05) is 6.92 Å². The molecule has 0 aromatic carbocycles. The van der Waals surface area contributed by atoms with Gasteiger partial charge in [-0.3, -0.25) is 4.79 Å². The SMILES string of the molecule is CCc1cc(C(N)=O)nc(Cl)n1. The van der Waals surface area contributed by atoms with Crippen molar-refractivity contribution in [1.29, 1.82) is 0 Å². The van der Waals surface area contributed by atoms with Gasteiger partial charge in [0.25, 0.3) is 5.91 Å². The topological polar surface area (TPSA) is 68.9 Å². The molecule has 1 amide bonds. The molecule has 0 bridgehead atoms. The van der Waals surface area contributed by atoms with Crippen molar-refractivity contribution in [3.63, 3.8) is 0 Å². The van der Waals surface area contributed by atoms with E-state index in [9.17, 15) is 4.79 Å². The minimum Gasteiger partial charge on any atom is -0.364 e. The Labute approximate surface area is 74.8 Å². The van der Waals surface area contributed by atoms with E-state index in [1.807, 2.05) is 6.92 Å². The summed E-state index contributed by atoms with van der Waals surface area (Å²) < 4.78 is 0. The first-order valence-corrected chi connectivity index (χ1v) is 3.84. The Morgan fingerprint density at radius 2 is 2.33 bits per heavy atom. The lowest BCUT2D eigenvalue weighted by Gasteiger charge is -1.98. The van der Waals surface area contributed by atoms with Crippen LogP contribution in [0.2, 0.25) is 5.28 Å². The molecule has 64 valence electrons. The van der Waals surface area contributed by atoms with E-state index in [-0.39, 0.29) is 11.0 Å². The van der Waals surface area contributed by atoms with E-state index in [0.717, 1.165) is 0 Å². The Kier molecular flexibility index (Phi) is 2.60. The summed E-state index contributed by atoms with van der Waals surface area (Å²) in [5.74, 6) is -0.589. The highest BCUT2D eigenvalue weighted by Crippen LogP contribution is 2.05. The van der Waals surface area contributed by atoms with Crippen LogP contribution in [0, 0.1) is 0 Å². The third kappa shape index (κ3) is 1.92. The second-order valence-corrected chi connectivity index (χ2v) is 2.57. The molecule has 1 heterocycles. The van der Waals surface area contributed by atoms with Crippen LogP contribution in [0.3, 0.4) is 0 Å². The van der Waals surface area contributed by atoms with Gasteiger partial charge in [0.1, 0.15) is 5.69 Å². The first kappa shape index (κ1) is 8.93. The molecular formula is C7H8ClN3O. The second kappa shape index (κ2) is 3.49. The molecule has 0 unspecified atom stereocenters. The Morgan fingerprint density at radius 1 is 1.67 bits per heavy atom. The lowest BCUT2D eigenvalue weighted by atomic mass is 10.3. The maximum Gasteiger partial charge on any atom is 0.267 e. The van der Waals surface area contributed by atoms with Gasteiger partial charge in [0.2, 0.25) is 5.28 Å². The molecule has 0 fully saturated rings. The predicted octanol–water partition coefficient (Wildman–Crippen LogP) is 0.791.